The average Bonchev–Trinajstić information content (AvgIpc) is 2.35. The molecule has 114 valence electrons. The highest BCUT2D eigenvalue weighted by atomic mass is 16.2. The molecular weight excluding hydrogens is 268 g/mol. The van der Waals surface area contributed by atoms with Gasteiger partial charge in [0.2, 0.25) is 5.91 Å². The second-order valence-corrected chi connectivity index (χ2v) is 5.65. The molecule has 0 aromatic carbocycles. The summed E-state index contributed by atoms with van der Waals surface area (Å²) >= 11 is 0. The first-order valence-electron chi connectivity index (χ1n) is 7.00. The van der Waals surface area contributed by atoms with Crippen molar-refractivity contribution in [2.75, 3.05) is 0 Å². The Morgan fingerprint density at radius 3 is 2.24 bits per heavy atom. The molecule has 0 fully saturated rings. The van der Waals surface area contributed by atoms with Crippen LogP contribution in [-0.4, -0.2) is 32.7 Å². The lowest BCUT2D eigenvalue weighted by Crippen LogP contribution is -2.45. The van der Waals surface area contributed by atoms with E-state index in [9.17, 15) is 9.59 Å². The van der Waals surface area contributed by atoms with Crippen LogP contribution in [0, 0.1) is 25.2 Å². The second-order valence-electron chi connectivity index (χ2n) is 5.65. The number of carbonyl (C=O) groups excluding carboxylic acids is 1. The molecule has 0 aliphatic rings. The van der Waals surface area contributed by atoms with Gasteiger partial charge in [-0.2, -0.15) is 10.4 Å². The first kappa shape index (κ1) is 16.9. The predicted molar refractivity (Wildman–Crippen MR) is 79.8 cm³/mol. The molecule has 0 N–H and O–H groups in total. The Morgan fingerprint density at radius 2 is 1.81 bits per heavy atom. The number of nitrogens with zero attached hydrogens (tertiary/aromatic N) is 4. The second kappa shape index (κ2) is 6.53. The van der Waals surface area contributed by atoms with Crippen LogP contribution in [-0.2, 0) is 11.3 Å². The zero-order valence-electron chi connectivity index (χ0n) is 13.5. The van der Waals surface area contributed by atoms with Crippen molar-refractivity contribution in [2.24, 2.45) is 0 Å². The van der Waals surface area contributed by atoms with Gasteiger partial charge in [0.15, 0.2) is 0 Å². The quantitative estimate of drug-likeness (QED) is 0.839. The van der Waals surface area contributed by atoms with Crippen molar-refractivity contribution >= 4 is 5.91 Å². The summed E-state index contributed by atoms with van der Waals surface area (Å²) in [6.07, 6.45) is 0. The summed E-state index contributed by atoms with van der Waals surface area (Å²) in [6, 6.07) is 1.97. The minimum absolute atomic E-state index is 0.0372. The highest BCUT2D eigenvalue weighted by Crippen LogP contribution is 2.08. The van der Waals surface area contributed by atoms with E-state index in [1.54, 1.807) is 18.7 Å². The monoisotopic (exact) mass is 290 g/mol. The molecule has 6 heteroatoms. The van der Waals surface area contributed by atoms with Crippen LogP contribution >= 0.6 is 0 Å². The van der Waals surface area contributed by atoms with Crippen molar-refractivity contribution in [1.29, 1.82) is 5.26 Å². The Kier molecular flexibility index (Phi) is 5.25. The van der Waals surface area contributed by atoms with Crippen molar-refractivity contribution < 1.29 is 4.79 Å². The van der Waals surface area contributed by atoms with Crippen molar-refractivity contribution in [3.8, 4) is 6.07 Å². The topological polar surface area (TPSA) is 79.0 Å². The number of amides is 1. The van der Waals surface area contributed by atoms with Gasteiger partial charge in [0.25, 0.3) is 5.56 Å². The van der Waals surface area contributed by atoms with Gasteiger partial charge in [0.1, 0.15) is 18.2 Å². The zero-order valence-corrected chi connectivity index (χ0v) is 13.5. The maximum absolute atomic E-state index is 12.4. The lowest BCUT2D eigenvalue weighted by Gasteiger charge is -2.30. The van der Waals surface area contributed by atoms with Crippen molar-refractivity contribution in [1.82, 2.24) is 14.7 Å². The summed E-state index contributed by atoms with van der Waals surface area (Å²) in [5.41, 5.74) is 0.688. The SMILES string of the molecule is Cc1nn(CC(=O)N(C(C)C)C(C)C)c(=O)c(C#N)c1C. The third-order valence-corrected chi connectivity index (χ3v) is 3.43. The number of aryl methyl sites for hydroxylation is 1. The fourth-order valence-electron chi connectivity index (χ4n) is 2.39. The fourth-order valence-corrected chi connectivity index (χ4v) is 2.39. The number of nitriles is 1. The average molecular weight is 290 g/mol. The Morgan fingerprint density at radius 1 is 1.29 bits per heavy atom. The molecule has 0 unspecified atom stereocenters. The molecule has 0 saturated heterocycles. The normalized spacial score (nSPS) is 10.8. The molecule has 0 bridgehead atoms. The van der Waals surface area contributed by atoms with E-state index in [-0.39, 0.29) is 30.1 Å². The highest BCUT2D eigenvalue weighted by Gasteiger charge is 2.22. The van der Waals surface area contributed by atoms with Gasteiger partial charge >= 0.3 is 0 Å². The van der Waals surface area contributed by atoms with Gasteiger partial charge in [-0.15, -0.1) is 0 Å². The first-order valence-corrected chi connectivity index (χ1v) is 7.00. The molecule has 0 saturated carbocycles. The van der Waals surface area contributed by atoms with Crippen LogP contribution in [0.4, 0.5) is 0 Å². The summed E-state index contributed by atoms with van der Waals surface area (Å²) in [6.45, 7) is 11.0. The number of carbonyl (C=O) groups is 1. The third kappa shape index (κ3) is 3.48. The van der Waals surface area contributed by atoms with Crippen LogP contribution in [0.15, 0.2) is 4.79 Å². The molecule has 1 aromatic rings. The summed E-state index contributed by atoms with van der Waals surface area (Å²) < 4.78 is 1.08. The van der Waals surface area contributed by atoms with E-state index in [0.717, 1.165) is 4.68 Å². The van der Waals surface area contributed by atoms with Gasteiger partial charge in [-0.05, 0) is 47.1 Å². The zero-order chi connectivity index (χ0) is 16.3. The molecule has 1 amide bonds. The Balaban J connectivity index is 3.21. The van der Waals surface area contributed by atoms with E-state index in [2.05, 4.69) is 5.10 Å². The van der Waals surface area contributed by atoms with Crippen molar-refractivity contribution in [3.63, 3.8) is 0 Å². The maximum Gasteiger partial charge on any atom is 0.285 e. The molecule has 0 aliphatic heterocycles. The molecular formula is C15H22N4O2. The fraction of sp³-hybridized carbons (Fsp3) is 0.600. The van der Waals surface area contributed by atoms with Gasteiger partial charge in [-0.25, -0.2) is 4.68 Å². The van der Waals surface area contributed by atoms with Gasteiger partial charge in [0.05, 0.1) is 5.69 Å². The van der Waals surface area contributed by atoms with Gasteiger partial charge in [0, 0.05) is 12.1 Å². The predicted octanol–water partition coefficient (Wildman–Crippen LogP) is 1.38. The molecule has 1 heterocycles. The minimum Gasteiger partial charge on any atom is -0.336 e. The number of aromatic nitrogens is 2. The lowest BCUT2D eigenvalue weighted by molar-refractivity contribution is -0.135. The molecule has 21 heavy (non-hydrogen) atoms. The standard InChI is InChI=1S/C15H22N4O2/c1-9(2)19(10(3)4)14(20)8-18-15(21)13(7-16)11(5)12(6)17-18/h9-10H,8H2,1-6H3. The van der Waals surface area contributed by atoms with E-state index in [4.69, 9.17) is 5.26 Å². The van der Waals surface area contributed by atoms with Crippen LogP contribution in [0.1, 0.15) is 44.5 Å². The van der Waals surface area contributed by atoms with E-state index in [1.807, 2.05) is 33.8 Å². The minimum atomic E-state index is -0.513. The Hall–Kier alpha value is -2.16. The third-order valence-electron chi connectivity index (χ3n) is 3.43. The number of rotatable bonds is 4. The summed E-state index contributed by atoms with van der Waals surface area (Å²) in [5, 5.41) is 13.2. The number of hydrogen-bond donors (Lipinski definition) is 0. The van der Waals surface area contributed by atoms with E-state index in [1.165, 1.54) is 0 Å². The molecule has 0 atom stereocenters. The van der Waals surface area contributed by atoms with Crippen LogP contribution in [0.25, 0.3) is 0 Å². The lowest BCUT2D eigenvalue weighted by atomic mass is 10.1. The number of hydrogen-bond acceptors (Lipinski definition) is 4. The molecule has 0 spiro atoms. The molecule has 6 nitrogen and oxygen atoms in total. The van der Waals surface area contributed by atoms with Crippen molar-refractivity contribution in [3.05, 3.63) is 27.2 Å². The van der Waals surface area contributed by atoms with Crippen LogP contribution < -0.4 is 5.56 Å². The molecule has 1 rings (SSSR count). The highest BCUT2D eigenvalue weighted by molar-refractivity contribution is 5.76. The van der Waals surface area contributed by atoms with Gasteiger partial charge in [-0.3, -0.25) is 9.59 Å². The van der Waals surface area contributed by atoms with E-state index in [0.29, 0.717) is 11.3 Å². The van der Waals surface area contributed by atoms with Crippen LogP contribution in [0.3, 0.4) is 0 Å². The Labute approximate surface area is 125 Å². The summed E-state index contributed by atoms with van der Waals surface area (Å²) in [5.74, 6) is -0.179. The van der Waals surface area contributed by atoms with Gasteiger partial charge in [-0.1, -0.05) is 0 Å². The summed E-state index contributed by atoms with van der Waals surface area (Å²) in [4.78, 5) is 26.3. The smallest absolute Gasteiger partial charge is 0.285 e. The van der Waals surface area contributed by atoms with E-state index >= 15 is 0 Å². The summed E-state index contributed by atoms with van der Waals surface area (Å²) in [7, 11) is 0. The molecule has 1 aromatic heterocycles. The van der Waals surface area contributed by atoms with Gasteiger partial charge < -0.3 is 4.90 Å². The first-order chi connectivity index (χ1) is 9.70. The largest absolute Gasteiger partial charge is 0.336 e. The Bertz CT molecular complexity index is 630. The molecule has 0 radical (unpaired) electrons. The maximum atomic E-state index is 12.4. The van der Waals surface area contributed by atoms with Crippen molar-refractivity contribution in [2.45, 2.75) is 60.2 Å². The van der Waals surface area contributed by atoms with Crippen LogP contribution in [0.5, 0.6) is 0 Å². The van der Waals surface area contributed by atoms with E-state index < -0.39 is 5.56 Å². The molecule has 0 aliphatic carbocycles. The van der Waals surface area contributed by atoms with Crippen LogP contribution in [0.2, 0.25) is 0 Å².